The van der Waals surface area contributed by atoms with E-state index in [0.29, 0.717) is 13.3 Å². The number of hydrogen-bond donors (Lipinski definition) is 0. The minimum absolute atomic E-state index is 0.102. The van der Waals surface area contributed by atoms with Crippen LogP contribution in [0.15, 0.2) is 24.3 Å². The molecule has 1 aliphatic heterocycles. The van der Waals surface area contributed by atoms with Gasteiger partial charge in [0, 0.05) is 21.3 Å². The van der Waals surface area contributed by atoms with E-state index in [9.17, 15) is 0 Å². The molecule has 1 fully saturated rings. The second-order valence-corrected chi connectivity index (χ2v) is 13.5. The first-order valence-electron chi connectivity index (χ1n) is 9.28. The van der Waals surface area contributed by atoms with Crippen LogP contribution < -0.4 is 0 Å². The Hall–Kier alpha value is -1.21. The summed E-state index contributed by atoms with van der Waals surface area (Å²) in [4.78, 5) is 4.74. The number of hydrogen-bond acceptors (Lipinski definition) is 4. The first kappa shape index (κ1) is 18.6. The molecule has 1 aromatic heterocycles. The van der Waals surface area contributed by atoms with Crippen LogP contribution in [0.25, 0.3) is 11.0 Å². The summed E-state index contributed by atoms with van der Waals surface area (Å²) >= 11 is 0. The minimum Gasteiger partial charge on any atom is -0.361 e. The lowest BCUT2D eigenvalue weighted by Crippen LogP contribution is -2.23. The summed E-state index contributed by atoms with van der Waals surface area (Å²) in [7, 11) is -1.08. The quantitative estimate of drug-likeness (QED) is 0.516. The van der Waals surface area contributed by atoms with Gasteiger partial charge in [0.2, 0.25) is 0 Å². The fourth-order valence-electron chi connectivity index (χ4n) is 2.92. The summed E-state index contributed by atoms with van der Waals surface area (Å²) in [6.07, 6.45) is 3.16. The summed E-state index contributed by atoms with van der Waals surface area (Å²) < 4.78 is 19.7. The Bertz CT molecular complexity index is 675. The van der Waals surface area contributed by atoms with Gasteiger partial charge in [-0.3, -0.25) is 0 Å². The van der Waals surface area contributed by atoms with Crippen molar-refractivity contribution in [2.75, 3.05) is 13.2 Å². The van der Waals surface area contributed by atoms with Crippen LogP contribution >= 0.6 is 0 Å². The van der Waals surface area contributed by atoms with E-state index in [1.807, 2.05) is 18.2 Å². The minimum atomic E-state index is -1.08. The van der Waals surface area contributed by atoms with Gasteiger partial charge in [-0.15, -0.1) is 0 Å². The third-order valence-electron chi connectivity index (χ3n) is 4.49. The summed E-state index contributed by atoms with van der Waals surface area (Å²) in [5.74, 6) is 0.906. The summed E-state index contributed by atoms with van der Waals surface area (Å²) in [5.41, 5.74) is 2.08. The highest BCUT2D eigenvalue weighted by molar-refractivity contribution is 6.76. The second kappa shape index (κ2) is 8.45. The number of nitrogens with zero attached hydrogens (tertiary/aromatic N) is 2. The van der Waals surface area contributed by atoms with E-state index >= 15 is 0 Å². The molecule has 0 saturated carbocycles. The molecule has 3 rings (SSSR count). The van der Waals surface area contributed by atoms with Crippen LogP contribution in [-0.4, -0.2) is 37.1 Å². The predicted molar refractivity (Wildman–Crippen MR) is 102 cm³/mol. The maximum atomic E-state index is 5.97. The van der Waals surface area contributed by atoms with Crippen molar-refractivity contribution in [3.05, 3.63) is 30.1 Å². The first-order valence-corrected chi connectivity index (χ1v) is 13.0. The molecule has 2 heterocycles. The third-order valence-corrected chi connectivity index (χ3v) is 6.19. The number of fused-ring (bicyclic) bond motifs is 1. The van der Waals surface area contributed by atoms with E-state index in [4.69, 9.17) is 19.2 Å². The molecule has 1 aliphatic rings. The van der Waals surface area contributed by atoms with Crippen LogP contribution in [0.5, 0.6) is 0 Å². The maximum absolute atomic E-state index is 5.97. The largest absolute Gasteiger partial charge is 0.361 e. The molecule has 0 aliphatic carbocycles. The van der Waals surface area contributed by atoms with E-state index in [-0.39, 0.29) is 6.29 Å². The van der Waals surface area contributed by atoms with E-state index in [1.54, 1.807) is 0 Å². The Kier molecular flexibility index (Phi) is 6.27. The average molecular weight is 363 g/mol. The van der Waals surface area contributed by atoms with Gasteiger partial charge < -0.3 is 18.8 Å². The molecule has 25 heavy (non-hydrogen) atoms. The van der Waals surface area contributed by atoms with Crippen LogP contribution in [0.1, 0.15) is 25.1 Å². The van der Waals surface area contributed by atoms with Gasteiger partial charge in [0.15, 0.2) is 6.29 Å². The Morgan fingerprint density at radius 2 is 2.08 bits per heavy atom. The van der Waals surface area contributed by atoms with Gasteiger partial charge in [0.25, 0.3) is 0 Å². The van der Waals surface area contributed by atoms with Crippen molar-refractivity contribution in [2.24, 2.45) is 0 Å². The van der Waals surface area contributed by atoms with Crippen molar-refractivity contribution < 1.29 is 14.2 Å². The van der Waals surface area contributed by atoms with Crippen LogP contribution in [0.4, 0.5) is 0 Å². The molecule has 0 N–H and O–H groups in total. The van der Waals surface area contributed by atoms with Crippen molar-refractivity contribution in [1.29, 1.82) is 0 Å². The molecule has 138 valence electrons. The fraction of sp³-hybridized carbons (Fsp3) is 0.632. The number of imidazole rings is 1. The van der Waals surface area contributed by atoms with E-state index in [0.717, 1.165) is 42.9 Å². The van der Waals surface area contributed by atoms with Gasteiger partial charge in [0.1, 0.15) is 19.2 Å². The maximum Gasteiger partial charge on any atom is 0.158 e. The molecule has 2 aromatic rings. The highest BCUT2D eigenvalue weighted by Crippen LogP contribution is 2.20. The van der Waals surface area contributed by atoms with Gasteiger partial charge >= 0.3 is 0 Å². The van der Waals surface area contributed by atoms with Gasteiger partial charge in [-0.1, -0.05) is 31.8 Å². The lowest BCUT2D eigenvalue weighted by Gasteiger charge is -2.22. The molecule has 1 unspecified atom stereocenters. The monoisotopic (exact) mass is 362 g/mol. The number of para-hydroxylation sites is 2. The van der Waals surface area contributed by atoms with Gasteiger partial charge in [0.05, 0.1) is 11.0 Å². The zero-order valence-electron chi connectivity index (χ0n) is 15.7. The van der Waals surface area contributed by atoms with E-state index < -0.39 is 8.07 Å². The Morgan fingerprint density at radius 3 is 2.84 bits per heavy atom. The van der Waals surface area contributed by atoms with Crippen molar-refractivity contribution in [3.63, 3.8) is 0 Å². The Balaban J connectivity index is 1.66. The highest BCUT2D eigenvalue weighted by atomic mass is 28.3. The van der Waals surface area contributed by atoms with Gasteiger partial charge in [-0.25, -0.2) is 4.98 Å². The summed E-state index contributed by atoms with van der Waals surface area (Å²) in [6, 6.07) is 9.35. The van der Waals surface area contributed by atoms with Crippen LogP contribution in [0.2, 0.25) is 25.7 Å². The standard InChI is InChI=1S/C19H30N2O3Si/c1-25(2,3)13-12-22-15-21-17-9-5-4-8-16(17)20-18(21)14-24-19-10-6-7-11-23-19/h4-5,8-9,19H,6-7,10-15H2,1-3H3. The Labute approximate surface area is 151 Å². The first-order chi connectivity index (χ1) is 12.0. The molecule has 1 atom stereocenters. The third kappa shape index (κ3) is 5.38. The zero-order chi connectivity index (χ0) is 17.7. The topological polar surface area (TPSA) is 45.5 Å². The molecule has 6 heteroatoms. The number of rotatable bonds is 8. The van der Waals surface area contributed by atoms with Crippen molar-refractivity contribution in [1.82, 2.24) is 9.55 Å². The van der Waals surface area contributed by atoms with E-state index in [2.05, 4.69) is 30.3 Å². The van der Waals surface area contributed by atoms with Crippen molar-refractivity contribution >= 4 is 19.1 Å². The number of ether oxygens (including phenoxy) is 3. The highest BCUT2D eigenvalue weighted by Gasteiger charge is 2.17. The molecule has 0 radical (unpaired) electrons. The number of benzene rings is 1. The molecular weight excluding hydrogens is 332 g/mol. The lowest BCUT2D eigenvalue weighted by atomic mass is 10.2. The molecule has 5 nitrogen and oxygen atoms in total. The summed E-state index contributed by atoms with van der Waals surface area (Å²) in [5, 5.41) is 0. The van der Waals surface area contributed by atoms with Gasteiger partial charge in [-0.05, 0) is 37.4 Å². The molecule has 1 aromatic carbocycles. The normalized spacial score (nSPS) is 18.8. The predicted octanol–water partition coefficient (Wildman–Crippen LogP) is 4.39. The molecular formula is C19H30N2O3Si. The van der Waals surface area contributed by atoms with E-state index in [1.165, 1.54) is 12.5 Å². The lowest BCUT2D eigenvalue weighted by molar-refractivity contribution is -0.170. The zero-order valence-corrected chi connectivity index (χ0v) is 16.7. The van der Waals surface area contributed by atoms with Crippen LogP contribution in [0.3, 0.4) is 0 Å². The average Bonchev–Trinajstić information content (AvgIpc) is 2.95. The fourth-order valence-corrected chi connectivity index (χ4v) is 3.68. The SMILES string of the molecule is C[Si](C)(C)CCOCn1c(COC2CCCCO2)nc2ccccc21. The van der Waals surface area contributed by atoms with Crippen molar-refractivity contribution in [2.45, 2.75) is 64.6 Å². The van der Waals surface area contributed by atoms with Crippen molar-refractivity contribution in [3.8, 4) is 0 Å². The molecule has 0 spiro atoms. The summed E-state index contributed by atoms with van der Waals surface area (Å²) in [6.45, 7) is 9.67. The number of aromatic nitrogens is 2. The molecule has 0 amide bonds. The smallest absolute Gasteiger partial charge is 0.158 e. The molecule has 0 bridgehead atoms. The second-order valence-electron chi connectivity index (χ2n) is 7.90. The Morgan fingerprint density at radius 1 is 1.24 bits per heavy atom. The van der Waals surface area contributed by atoms with Crippen LogP contribution in [-0.2, 0) is 27.5 Å². The molecule has 1 saturated heterocycles. The van der Waals surface area contributed by atoms with Crippen LogP contribution in [0, 0.1) is 0 Å². The van der Waals surface area contributed by atoms with Gasteiger partial charge in [-0.2, -0.15) is 0 Å².